The molecule has 1 aliphatic heterocycles. The second kappa shape index (κ2) is 12.6. The second-order valence-corrected chi connectivity index (χ2v) is 8.08. The maximum atomic E-state index is 11.7. The van der Waals surface area contributed by atoms with E-state index in [1.165, 1.54) is 6.92 Å². The van der Waals surface area contributed by atoms with Crippen LogP contribution in [0.2, 0.25) is 0 Å². The van der Waals surface area contributed by atoms with Gasteiger partial charge in [0.1, 0.15) is 24.1 Å². The van der Waals surface area contributed by atoms with Crippen LogP contribution in [0, 0.1) is 5.92 Å². The van der Waals surface area contributed by atoms with Crippen molar-refractivity contribution in [2.45, 2.75) is 69.0 Å². The number of carbonyl (C=O) groups excluding carboxylic acids is 1. The predicted octanol–water partition coefficient (Wildman–Crippen LogP) is -2.08. The summed E-state index contributed by atoms with van der Waals surface area (Å²) in [5, 5.41) is 63.5. The van der Waals surface area contributed by atoms with E-state index in [0.717, 1.165) is 6.42 Å². The highest BCUT2D eigenvalue weighted by atomic mass is 16.7. The third kappa shape index (κ3) is 6.49. The van der Waals surface area contributed by atoms with E-state index >= 15 is 0 Å². The molecule has 1 aliphatic carbocycles. The predicted molar refractivity (Wildman–Crippen MR) is 111 cm³/mol. The lowest BCUT2D eigenvalue weighted by molar-refractivity contribution is -0.201. The summed E-state index contributed by atoms with van der Waals surface area (Å²) in [5.74, 6) is -1.38. The largest absolute Gasteiger partial charge is 0.463 e. The Kier molecular flexibility index (Phi) is 10.5. The molecule has 0 bridgehead atoms. The number of aliphatic hydroxyl groups excluding tert-OH is 6. The molecule has 11 heteroatoms. The maximum Gasteiger partial charge on any atom is 0.228 e. The smallest absolute Gasteiger partial charge is 0.228 e. The summed E-state index contributed by atoms with van der Waals surface area (Å²) in [6.07, 6.45) is -5.09. The molecule has 1 saturated heterocycles. The standard InChI is InChI=1S/C21H35NO10/c1-3-4-5-6-30-14-7-12(8-23)20(17(27)15(14)22-11(2)25)32-21-19(29)18(28)16(26)13(9-24)10-31-21/h3,13-19,21,23-24,26-29H,1,4-10H2,2H3,(H,22,25)/t13?,14-,15?,16+,17?,18+,19?,21+/m1/s1. The van der Waals surface area contributed by atoms with Gasteiger partial charge in [-0.3, -0.25) is 4.79 Å². The number of carbonyl (C=O) groups is 1. The summed E-state index contributed by atoms with van der Waals surface area (Å²) in [6.45, 7) is 4.09. The quantitative estimate of drug-likeness (QED) is 0.141. The van der Waals surface area contributed by atoms with Crippen molar-refractivity contribution in [2.75, 3.05) is 26.4 Å². The molecule has 8 atom stereocenters. The molecule has 0 aromatic carbocycles. The molecule has 7 N–H and O–H groups in total. The molecular formula is C21H35NO10. The molecule has 0 spiro atoms. The average Bonchev–Trinajstić information content (AvgIpc) is 2.86. The second-order valence-electron chi connectivity index (χ2n) is 8.08. The molecular weight excluding hydrogens is 426 g/mol. The SMILES string of the molecule is C=CCCCO[C@@H]1CC(CO)=C(O[C@@H]2OCC(CO)[C@H](O)[C@H](O)C2O)C(O)C1NC(C)=O. The van der Waals surface area contributed by atoms with Crippen LogP contribution in [0.5, 0.6) is 0 Å². The van der Waals surface area contributed by atoms with E-state index in [1.54, 1.807) is 6.08 Å². The summed E-state index contributed by atoms with van der Waals surface area (Å²) in [7, 11) is 0. The van der Waals surface area contributed by atoms with Gasteiger partial charge in [0.25, 0.3) is 0 Å². The molecule has 184 valence electrons. The molecule has 11 nitrogen and oxygen atoms in total. The van der Waals surface area contributed by atoms with E-state index in [9.17, 15) is 35.4 Å². The molecule has 2 aliphatic rings. The summed E-state index contributed by atoms with van der Waals surface area (Å²) in [5.41, 5.74) is 0.279. The molecule has 4 unspecified atom stereocenters. The Bertz CT molecular complexity index is 656. The van der Waals surface area contributed by atoms with Gasteiger partial charge in [-0.15, -0.1) is 6.58 Å². The lowest BCUT2D eigenvalue weighted by Crippen LogP contribution is -2.56. The number of unbranched alkanes of at least 4 members (excludes halogenated alkanes) is 1. The van der Waals surface area contributed by atoms with Gasteiger partial charge in [0.15, 0.2) is 0 Å². The Morgan fingerprint density at radius 2 is 1.94 bits per heavy atom. The van der Waals surface area contributed by atoms with Gasteiger partial charge in [-0.2, -0.15) is 0 Å². The molecule has 32 heavy (non-hydrogen) atoms. The molecule has 0 aromatic heterocycles. The van der Waals surface area contributed by atoms with E-state index in [-0.39, 0.29) is 24.4 Å². The van der Waals surface area contributed by atoms with Crippen LogP contribution in [0.3, 0.4) is 0 Å². The third-order valence-corrected chi connectivity index (χ3v) is 5.66. The number of rotatable bonds is 10. The van der Waals surface area contributed by atoms with Crippen molar-refractivity contribution in [3.8, 4) is 0 Å². The molecule has 0 aromatic rings. The van der Waals surface area contributed by atoms with Gasteiger partial charge in [-0.1, -0.05) is 6.08 Å². The van der Waals surface area contributed by atoms with Crippen LogP contribution in [-0.4, -0.2) is 106 Å². The van der Waals surface area contributed by atoms with Crippen LogP contribution < -0.4 is 5.32 Å². The summed E-state index contributed by atoms with van der Waals surface area (Å²) >= 11 is 0. The zero-order valence-corrected chi connectivity index (χ0v) is 18.2. The first-order valence-electron chi connectivity index (χ1n) is 10.7. The Balaban J connectivity index is 2.24. The van der Waals surface area contributed by atoms with Gasteiger partial charge in [0.05, 0.1) is 38.1 Å². The fourth-order valence-electron chi connectivity index (χ4n) is 3.82. The van der Waals surface area contributed by atoms with Crippen molar-refractivity contribution < 1.29 is 49.6 Å². The van der Waals surface area contributed by atoms with Gasteiger partial charge < -0.3 is 50.2 Å². The summed E-state index contributed by atoms with van der Waals surface area (Å²) < 4.78 is 16.9. The molecule has 2 rings (SSSR count). The lowest BCUT2D eigenvalue weighted by atomic mass is 9.88. The van der Waals surface area contributed by atoms with Gasteiger partial charge in [-0.05, 0) is 18.4 Å². The normalized spacial score (nSPS) is 35.8. The number of ether oxygens (including phenoxy) is 3. The van der Waals surface area contributed by atoms with Crippen molar-refractivity contribution in [1.29, 1.82) is 0 Å². The highest BCUT2D eigenvalue weighted by Gasteiger charge is 2.45. The van der Waals surface area contributed by atoms with Crippen LogP contribution in [0.1, 0.15) is 26.2 Å². The summed E-state index contributed by atoms with van der Waals surface area (Å²) in [6, 6.07) is -0.898. The first-order chi connectivity index (χ1) is 15.2. The zero-order valence-electron chi connectivity index (χ0n) is 18.2. The number of aliphatic hydroxyl groups is 6. The Hall–Kier alpha value is -1.57. The Morgan fingerprint density at radius 3 is 2.53 bits per heavy atom. The van der Waals surface area contributed by atoms with E-state index in [4.69, 9.17) is 14.2 Å². The van der Waals surface area contributed by atoms with Crippen LogP contribution in [0.15, 0.2) is 24.0 Å². The summed E-state index contributed by atoms with van der Waals surface area (Å²) in [4.78, 5) is 11.7. The molecule has 1 amide bonds. The van der Waals surface area contributed by atoms with Crippen molar-refractivity contribution in [1.82, 2.24) is 5.32 Å². The average molecular weight is 462 g/mol. The van der Waals surface area contributed by atoms with Crippen LogP contribution in [-0.2, 0) is 19.0 Å². The molecule has 0 radical (unpaired) electrons. The van der Waals surface area contributed by atoms with Gasteiger partial charge >= 0.3 is 0 Å². The van der Waals surface area contributed by atoms with Crippen molar-refractivity contribution in [3.63, 3.8) is 0 Å². The van der Waals surface area contributed by atoms with Gasteiger partial charge in [-0.25, -0.2) is 0 Å². The number of hydrogen-bond donors (Lipinski definition) is 7. The number of amides is 1. The zero-order chi connectivity index (χ0) is 23.8. The number of hydrogen-bond acceptors (Lipinski definition) is 10. The van der Waals surface area contributed by atoms with Crippen LogP contribution >= 0.6 is 0 Å². The Morgan fingerprint density at radius 1 is 1.22 bits per heavy atom. The van der Waals surface area contributed by atoms with Crippen LogP contribution in [0.25, 0.3) is 0 Å². The fourth-order valence-corrected chi connectivity index (χ4v) is 3.82. The minimum atomic E-state index is -1.70. The molecule has 1 heterocycles. The number of allylic oxidation sites excluding steroid dienone is 1. The van der Waals surface area contributed by atoms with Crippen molar-refractivity contribution in [2.24, 2.45) is 5.92 Å². The minimum absolute atomic E-state index is 0.120. The van der Waals surface area contributed by atoms with Crippen molar-refractivity contribution >= 4 is 5.91 Å². The van der Waals surface area contributed by atoms with E-state index in [2.05, 4.69) is 11.9 Å². The highest BCUT2D eigenvalue weighted by molar-refractivity contribution is 5.73. The first-order valence-corrected chi connectivity index (χ1v) is 10.7. The fraction of sp³-hybridized carbons (Fsp3) is 0.762. The molecule has 1 fully saturated rings. The van der Waals surface area contributed by atoms with E-state index in [1.807, 2.05) is 0 Å². The topological polar surface area (TPSA) is 178 Å². The van der Waals surface area contributed by atoms with E-state index < -0.39 is 67.9 Å². The lowest BCUT2D eigenvalue weighted by Gasteiger charge is -2.39. The first kappa shape index (κ1) is 26.7. The van der Waals surface area contributed by atoms with E-state index in [0.29, 0.717) is 13.0 Å². The van der Waals surface area contributed by atoms with Gasteiger partial charge in [0.2, 0.25) is 12.2 Å². The number of nitrogens with one attached hydrogen (secondary N) is 1. The van der Waals surface area contributed by atoms with Gasteiger partial charge in [0, 0.05) is 25.9 Å². The van der Waals surface area contributed by atoms with Crippen LogP contribution in [0.4, 0.5) is 0 Å². The Labute approximate surface area is 186 Å². The molecule has 0 saturated carbocycles. The highest BCUT2D eigenvalue weighted by Crippen LogP contribution is 2.32. The third-order valence-electron chi connectivity index (χ3n) is 5.66. The van der Waals surface area contributed by atoms with Crippen molar-refractivity contribution in [3.05, 3.63) is 24.0 Å². The maximum absolute atomic E-state index is 11.7. The minimum Gasteiger partial charge on any atom is -0.463 e. The monoisotopic (exact) mass is 461 g/mol.